The summed E-state index contributed by atoms with van der Waals surface area (Å²) in [6, 6.07) is 10.4. The second-order valence-corrected chi connectivity index (χ2v) is 9.07. The molecule has 27 heavy (non-hydrogen) atoms. The van der Waals surface area contributed by atoms with E-state index >= 15 is 0 Å². The molecule has 146 valence electrons. The molecule has 0 unspecified atom stereocenters. The van der Waals surface area contributed by atoms with Gasteiger partial charge >= 0.3 is 0 Å². The normalized spacial score (nSPS) is 12.5. The Labute approximate surface area is 170 Å². The molecule has 0 radical (unpaired) electrons. The van der Waals surface area contributed by atoms with Gasteiger partial charge in [0.1, 0.15) is 0 Å². The van der Waals surface area contributed by atoms with Gasteiger partial charge in [-0.05, 0) is 55.8 Å². The molecule has 0 aromatic heterocycles. The van der Waals surface area contributed by atoms with Crippen molar-refractivity contribution < 1.29 is 13.2 Å². The molecule has 2 aromatic rings. The fourth-order valence-corrected chi connectivity index (χ4v) is 4.11. The molecule has 1 amide bonds. The first kappa shape index (κ1) is 21.5. The fraction of sp³-hybridized carbons (Fsp3) is 0.316. The van der Waals surface area contributed by atoms with Crippen molar-refractivity contribution in [3.05, 3.63) is 58.1 Å². The van der Waals surface area contributed by atoms with E-state index in [2.05, 4.69) is 5.32 Å². The van der Waals surface area contributed by atoms with Gasteiger partial charge < -0.3 is 5.32 Å². The van der Waals surface area contributed by atoms with Crippen molar-refractivity contribution in [1.82, 2.24) is 5.32 Å². The number of nitrogens with zero attached hydrogens (tertiary/aromatic N) is 1. The van der Waals surface area contributed by atoms with Crippen molar-refractivity contribution in [3.63, 3.8) is 0 Å². The van der Waals surface area contributed by atoms with Crippen LogP contribution < -0.4 is 9.62 Å². The number of rotatable bonds is 7. The van der Waals surface area contributed by atoms with Gasteiger partial charge in [0, 0.05) is 18.1 Å². The predicted molar refractivity (Wildman–Crippen MR) is 110 cm³/mol. The summed E-state index contributed by atoms with van der Waals surface area (Å²) in [6.45, 7) is 3.95. The molecule has 0 fully saturated rings. The molecule has 0 aliphatic heterocycles. The van der Waals surface area contributed by atoms with E-state index in [0.29, 0.717) is 10.7 Å². The zero-order valence-corrected chi connectivity index (χ0v) is 17.7. The van der Waals surface area contributed by atoms with E-state index in [4.69, 9.17) is 23.2 Å². The fourth-order valence-electron chi connectivity index (χ4n) is 2.59. The number of sulfonamides is 1. The van der Waals surface area contributed by atoms with Crippen molar-refractivity contribution in [2.45, 2.75) is 37.6 Å². The van der Waals surface area contributed by atoms with Gasteiger partial charge in [0.05, 0.1) is 21.2 Å². The van der Waals surface area contributed by atoms with Crippen molar-refractivity contribution in [2.75, 3.05) is 11.4 Å². The first-order valence-electron chi connectivity index (χ1n) is 8.51. The lowest BCUT2D eigenvalue weighted by atomic mass is 10.1. The SMILES string of the molecule is CCC[C@H](C)NC(=O)c1cc(N(C)S(=O)(=O)c2ccc(Cl)cc2)ccc1Cl. The summed E-state index contributed by atoms with van der Waals surface area (Å²) in [7, 11) is -2.37. The Morgan fingerprint density at radius 2 is 1.78 bits per heavy atom. The van der Waals surface area contributed by atoms with Crippen LogP contribution in [0, 0.1) is 0 Å². The molecule has 0 aliphatic rings. The number of hydrogen-bond acceptors (Lipinski definition) is 3. The Hall–Kier alpha value is -1.76. The highest BCUT2D eigenvalue weighted by Gasteiger charge is 2.23. The Bertz CT molecular complexity index is 915. The number of nitrogens with one attached hydrogen (secondary N) is 1. The molecule has 2 aromatic carbocycles. The Morgan fingerprint density at radius 3 is 2.37 bits per heavy atom. The minimum atomic E-state index is -3.80. The van der Waals surface area contributed by atoms with Crippen LogP contribution in [0.15, 0.2) is 47.4 Å². The standard InChI is InChI=1S/C19H22Cl2N2O3S/c1-4-5-13(2)22-19(24)17-12-15(8-11-18(17)21)23(3)27(25,26)16-9-6-14(20)7-10-16/h6-13H,4-5H2,1-3H3,(H,22,24)/t13-/m0/s1. The summed E-state index contributed by atoms with van der Waals surface area (Å²) in [6.07, 6.45) is 1.78. The van der Waals surface area contributed by atoms with Crippen LogP contribution in [0.3, 0.4) is 0 Å². The maximum atomic E-state index is 12.8. The van der Waals surface area contributed by atoms with Gasteiger partial charge in [-0.2, -0.15) is 0 Å². The molecule has 1 N–H and O–H groups in total. The van der Waals surface area contributed by atoms with Crippen LogP contribution in [0.5, 0.6) is 0 Å². The van der Waals surface area contributed by atoms with Gasteiger partial charge in [0.2, 0.25) is 0 Å². The van der Waals surface area contributed by atoms with E-state index in [-0.39, 0.29) is 27.4 Å². The number of anilines is 1. The lowest BCUT2D eigenvalue weighted by Crippen LogP contribution is -2.33. The zero-order valence-electron chi connectivity index (χ0n) is 15.4. The van der Waals surface area contributed by atoms with Crippen molar-refractivity contribution in [1.29, 1.82) is 0 Å². The molecule has 5 nitrogen and oxygen atoms in total. The average molecular weight is 429 g/mol. The van der Waals surface area contributed by atoms with E-state index in [1.165, 1.54) is 43.4 Å². The molecule has 2 rings (SSSR count). The number of hydrogen-bond donors (Lipinski definition) is 1. The molecule has 0 saturated heterocycles. The molecule has 0 heterocycles. The number of carbonyl (C=O) groups excluding carboxylic acids is 1. The van der Waals surface area contributed by atoms with Gasteiger partial charge in [-0.3, -0.25) is 9.10 Å². The summed E-state index contributed by atoms with van der Waals surface area (Å²) in [5, 5.41) is 3.58. The molecular formula is C19H22Cl2N2O3S. The van der Waals surface area contributed by atoms with E-state index in [0.717, 1.165) is 17.1 Å². The van der Waals surface area contributed by atoms with Crippen molar-refractivity contribution in [2.24, 2.45) is 0 Å². The molecule has 1 atom stereocenters. The highest BCUT2D eigenvalue weighted by molar-refractivity contribution is 7.92. The van der Waals surface area contributed by atoms with E-state index < -0.39 is 10.0 Å². The number of halogens is 2. The lowest BCUT2D eigenvalue weighted by molar-refractivity contribution is 0.0938. The van der Waals surface area contributed by atoms with Gasteiger partial charge in [-0.1, -0.05) is 36.5 Å². The smallest absolute Gasteiger partial charge is 0.264 e. The zero-order chi connectivity index (χ0) is 20.2. The third kappa shape index (κ3) is 5.15. The Kier molecular flexibility index (Phi) is 7.14. The number of benzene rings is 2. The molecule has 0 aliphatic carbocycles. The molecule has 0 spiro atoms. The van der Waals surface area contributed by atoms with Crippen molar-refractivity contribution in [3.8, 4) is 0 Å². The summed E-state index contributed by atoms with van der Waals surface area (Å²) >= 11 is 12.0. The van der Waals surface area contributed by atoms with Crippen LogP contribution >= 0.6 is 23.2 Å². The first-order valence-corrected chi connectivity index (χ1v) is 10.7. The summed E-state index contributed by atoms with van der Waals surface area (Å²) in [5.74, 6) is -0.333. The van der Waals surface area contributed by atoms with Crippen LogP contribution in [0.1, 0.15) is 37.0 Å². The van der Waals surface area contributed by atoms with Gasteiger partial charge in [-0.15, -0.1) is 0 Å². The molecule has 0 saturated carbocycles. The predicted octanol–water partition coefficient (Wildman–Crippen LogP) is 4.74. The largest absolute Gasteiger partial charge is 0.350 e. The highest BCUT2D eigenvalue weighted by atomic mass is 35.5. The Balaban J connectivity index is 2.33. The van der Waals surface area contributed by atoms with Crippen LogP contribution in [-0.2, 0) is 10.0 Å². The lowest BCUT2D eigenvalue weighted by Gasteiger charge is -2.21. The number of carbonyl (C=O) groups is 1. The second kappa shape index (κ2) is 8.95. The molecule has 0 bridgehead atoms. The quantitative estimate of drug-likeness (QED) is 0.692. The second-order valence-electron chi connectivity index (χ2n) is 6.25. The number of amides is 1. The minimum Gasteiger partial charge on any atom is -0.350 e. The average Bonchev–Trinajstić information content (AvgIpc) is 2.62. The van der Waals surface area contributed by atoms with Crippen LogP contribution in [-0.4, -0.2) is 27.4 Å². The van der Waals surface area contributed by atoms with Gasteiger partial charge in [0.15, 0.2) is 0 Å². The van der Waals surface area contributed by atoms with E-state index in [9.17, 15) is 13.2 Å². The van der Waals surface area contributed by atoms with E-state index in [1.54, 1.807) is 6.07 Å². The van der Waals surface area contributed by atoms with Gasteiger partial charge in [-0.25, -0.2) is 8.42 Å². The summed E-state index contributed by atoms with van der Waals surface area (Å²) < 4.78 is 26.8. The first-order chi connectivity index (χ1) is 12.7. The topological polar surface area (TPSA) is 66.5 Å². The maximum absolute atomic E-state index is 12.8. The van der Waals surface area contributed by atoms with Crippen molar-refractivity contribution >= 4 is 44.8 Å². The highest BCUT2D eigenvalue weighted by Crippen LogP contribution is 2.27. The minimum absolute atomic E-state index is 0.00208. The molecular weight excluding hydrogens is 407 g/mol. The third-order valence-corrected chi connectivity index (χ3v) is 6.51. The van der Waals surface area contributed by atoms with E-state index in [1.807, 2.05) is 13.8 Å². The van der Waals surface area contributed by atoms with Crippen LogP contribution in [0.25, 0.3) is 0 Å². The van der Waals surface area contributed by atoms with Crippen LogP contribution in [0.2, 0.25) is 10.0 Å². The van der Waals surface area contributed by atoms with Gasteiger partial charge in [0.25, 0.3) is 15.9 Å². The Morgan fingerprint density at radius 1 is 1.15 bits per heavy atom. The monoisotopic (exact) mass is 428 g/mol. The summed E-state index contributed by atoms with van der Waals surface area (Å²) in [5.41, 5.74) is 0.568. The molecule has 8 heteroatoms. The van der Waals surface area contributed by atoms with Crippen LogP contribution in [0.4, 0.5) is 5.69 Å². The maximum Gasteiger partial charge on any atom is 0.264 e. The third-order valence-electron chi connectivity index (χ3n) is 4.13. The summed E-state index contributed by atoms with van der Waals surface area (Å²) in [4.78, 5) is 12.6.